The molecule has 1 aromatic heterocycles. The minimum atomic E-state index is -0.0624. The molecule has 0 amide bonds. The molecular weight excluding hydrogens is 266 g/mol. The van der Waals surface area contributed by atoms with Crippen LogP contribution in [0.4, 0.5) is 0 Å². The Morgan fingerprint density at radius 2 is 1.95 bits per heavy atom. The third kappa shape index (κ3) is 1.86. The molecule has 0 saturated carbocycles. The van der Waals surface area contributed by atoms with Gasteiger partial charge in [0.15, 0.2) is 11.0 Å². The van der Waals surface area contributed by atoms with E-state index in [0.29, 0.717) is 33.8 Å². The molecule has 1 aliphatic rings. The number of carbonyl (C=O) groups excluding carboxylic acids is 1. The van der Waals surface area contributed by atoms with E-state index in [1.807, 2.05) is 6.07 Å². The summed E-state index contributed by atoms with van der Waals surface area (Å²) < 4.78 is 11.9. The van der Waals surface area contributed by atoms with Crippen LogP contribution in [0.2, 0.25) is 0 Å². The van der Waals surface area contributed by atoms with Crippen LogP contribution in [0, 0.1) is 0 Å². The van der Waals surface area contributed by atoms with Gasteiger partial charge < -0.3 is 9.47 Å². The Hall–Kier alpha value is -2.02. The summed E-state index contributed by atoms with van der Waals surface area (Å²) in [5, 5.41) is 4.84. The van der Waals surface area contributed by atoms with E-state index in [-0.39, 0.29) is 5.91 Å². The highest BCUT2D eigenvalue weighted by Gasteiger charge is 2.26. The lowest BCUT2D eigenvalue weighted by atomic mass is 10.1. The molecule has 0 saturated heterocycles. The van der Waals surface area contributed by atoms with Gasteiger partial charge in [-0.3, -0.25) is 4.79 Å². The molecule has 3 rings (SSSR count). The van der Waals surface area contributed by atoms with Crippen molar-refractivity contribution in [1.82, 2.24) is 14.8 Å². The predicted octanol–water partition coefficient (Wildman–Crippen LogP) is 1.71. The fourth-order valence-electron chi connectivity index (χ4n) is 1.92. The Kier molecular flexibility index (Phi) is 2.90. The second-order valence-electron chi connectivity index (χ2n) is 3.85. The third-order valence-corrected chi connectivity index (χ3v) is 3.70. The van der Waals surface area contributed by atoms with E-state index in [1.54, 1.807) is 26.4 Å². The zero-order valence-corrected chi connectivity index (χ0v) is 11.2. The van der Waals surface area contributed by atoms with Gasteiger partial charge in [-0.05, 0) is 12.1 Å². The highest BCUT2D eigenvalue weighted by Crippen LogP contribution is 2.38. The first-order valence-electron chi connectivity index (χ1n) is 5.59. The second kappa shape index (κ2) is 4.58. The van der Waals surface area contributed by atoms with Crippen LogP contribution in [0.15, 0.2) is 23.4 Å². The first kappa shape index (κ1) is 12.0. The zero-order chi connectivity index (χ0) is 13.4. The van der Waals surface area contributed by atoms with Crippen molar-refractivity contribution in [3.05, 3.63) is 18.2 Å². The van der Waals surface area contributed by atoms with Crippen molar-refractivity contribution in [2.45, 2.75) is 5.16 Å². The van der Waals surface area contributed by atoms with E-state index in [9.17, 15) is 4.79 Å². The Labute approximate surface area is 113 Å². The molecular formula is C12H11N3O3S. The van der Waals surface area contributed by atoms with Gasteiger partial charge in [0.25, 0.3) is 5.91 Å². The van der Waals surface area contributed by atoms with Crippen LogP contribution in [-0.2, 0) is 0 Å². The van der Waals surface area contributed by atoms with Gasteiger partial charge in [-0.25, -0.2) is 4.98 Å². The second-order valence-corrected chi connectivity index (χ2v) is 4.79. The normalized spacial score (nSPS) is 13.5. The van der Waals surface area contributed by atoms with Crippen LogP contribution in [0.1, 0.15) is 4.79 Å². The predicted molar refractivity (Wildman–Crippen MR) is 69.9 cm³/mol. The van der Waals surface area contributed by atoms with Gasteiger partial charge in [0.05, 0.1) is 20.0 Å². The molecule has 19 heavy (non-hydrogen) atoms. The molecule has 6 nitrogen and oxygen atoms in total. The van der Waals surface area contributed by atoms with Crippen LogP contribution < -0.4 is 9.47 Å². The van der Waals surface area contributed by atoms with Crippen molar-refractivity contribution in [3.8, 4) is 22.9 Å². The average Bonchev–Trinajstić information content (AvgIpc) is 3.00. The first-order valence-corrected chi connectivity index (χ1v) is 6.57. The average molecular weight is 277 g/mol. The molecule has 0 spiro atoms. The monoisotopic (exact) mass is 277 g/mol. The highest BCUT2D eigenvalue weighted by atomic mass is 32.2. The summed E-state index contributed by atoms with van der Waals surface area (Å²) >= 11 is 1.38. The van der Waals surface area contributed by atoms with Crippen molar-refractivity contribution >= 4 is 17.7 Å². The number of ether oxygens (including phenoxy) is 2. The lowest BCUT2D eigenvalue weighted by molar-refractivity contribution is 0.0923. The number of benzene rings is 1. The smallest absolute Gasteiger partial charge is 0.259 e. The van der Waals surface area contributed by atoms with Crippen molar-refractivity contribution < 1.29 is 14.3 Å². The maximum absolute atomic E-state index is 11.6. The van der Waals surface area contributed by atoms with E-state index in [0.717, 1.165) is 0 Å². The lowest BCUT2D eigenvalue weighted by Gasteiger charge is -2.09. The van der Waals surface area contributed by atoms with E-state index in [1.165, 1.54) is 16.4 Å². The molecule has 0 fully saturated rings. The quantitative estimate of drug-likeness (QED) is 0.851. The van der Waals surface area contributed by atoms with Crippen LogP contribution in [0.25, 0.3) is 11.4 Å². The number of hydrogen-bond donors (Lipinski definition) is 0. The molecule has 0 atom stereocenters. The molecule has 0 unspecified atom stereocenters. The summed E-state index contributed by atoms with van der Waals surface area (Å²) in [7, 11) is 3.14. The molecule has 0 N–H and O–H groups in total. The Balaban J connectivity index is 2.16. The zero-order valence-electron chi connectivity index (χ0n) is 10.4. The molecule has 0 radical (unpaired) electrons. The topological polar surface area (TPSA) is 66.2 Å². The molecule has 7 heteroatoms. The van der Waals surface area contributed by atoms with Gasteiger partial charge in [-0.15, -0.1) is 5.10 Å². The van der Waals surface area contributed by atoms with Crippen molar-refractivity contribution in [2.24, 2.45) is 0 Å². The van der Waals surface area contributed by atoms with Crippen molar-refractivity contribution in [3.63, 3.8) is 0 Å². The number of rotatable bonds is 3. The number of fused-ring (bicyclic) bond motifs is 1. The standard InChI is InChI=1S/C12H11N3O3S/c1-17-7-4-3-5-8(18-2)10(7)11-13-12-15(14-11)9(16)6-19-12/h3-5H,6H2,1-2H3. The largest absolute Gasteiger partial charge is 0.496 e. The molecule has 1 aliphatic heterocycles. The van der Waals surface area contributed by atoms with E-state index >= 15 is 0 Å². The van der Waals surface area contributed by atoms with Crippen LogP contribution in [0.3, 0.4) is 0 Å². The van der Waals surface area contributed by atoms with Crippen molar-refractivity contribution in [1.29, 1.82) is 0 Å². The van der Waals surface area contributed by atoms with Gasteiger partial charge >= 0.3 is 0 Å². The van der Waals surface area contributed by atoms with Gasteiger partial charge in [-0.2, -0.15) is 4.68 Å². The van der Waals surface area contributed by atoms with Gasteiger partial charge in [0.1, 0.15) is 17.1 Å². The van der Waals surface area contributed by atoms with E-state index in [4.69, 9.17) is 9.47 Å². The fourth-order valence-corrected chi connectivity index (χ4v) is 2.71. The number of aromatic nitrogens is 3. The third-order valence-electron chi connectivity index (χ3n) is 2.79. The van der Waals surface area contributed by atoms with Crippen molar-refractivity contribution in [2.75, 3.05) is 20.0 Å². The van der Waals surface area contributed by atoms with E-state index in [2.05, 4.69) is 10.1 Å². The highest BCUT2D eigenvalue weighted by molar-refractivity contribution is 8.00. The minimum Gasteiger partial charge on any atom is -0.496 e. The SMILES string of the molecule is COc1cccc(OC)c1-c1nc2n(n1)C(=O)CS2. The first-order chi connectivity index (χ1) is 9.24. The summed E-state index contributed by atoms with van der Waals surface area (Å²) in [5.74, 6) is 1.98. The summed E-state index contributed by atoms with van der Waals surface area (Å²) in [4.78, 5) is 16.0. The molecule has 2 heterocycles. The molecule has 2 aromatic rings. The Bertz CT molecular complexity index is 631. The van der Waals surface area contributed by atoms with Gasteiger partial charge in [-0.1, -0.05) is 17.8 Å². The maximum Gasteiger partial charge on any atom is 0.259 e. The van der Waals surface area contributed by atoms with Crippen LogP contribution in [0.5, 0.6) is 11.5 Å². The van der Waals surface area contributed by atoms with Gasteiger partial charge in [0, 0.05) is 0 Å². The fraction of sp³-hybridized carbons (Fsp3) is 0.250. The number of hydrogen-bond acceptors (Lipinski definition) is 6. The van der Waals surface area contributed by atoms with E-state index < -0.39 is 0 Å². The molecule has 1 aromatic carbocycles. The molecule has 0 aliphatic carbocycles. The summed E-state index contributed by atoms with van der Waals surface area (Å²) in [6, 6.07) is 5.43. The number of thioether (sulfide) groups is 1. The summed E-state index contributed by atoms with van der Waals surface area (Å²) in [6.07, 6.45) is 0. The number of carbonyl (C=O) groups is 1. The van der Waals surface area contributed by atoms with Gasteiger partial charge in [0.2, 0.25) is 0 Å². The van der Waals surface area contributed by atoms with Crippen LogP contribution >= 0.6 is 11.8 Å². The Morgan fingerprint density at radius 3 is 2.53 bits per heavy atom. The number of methoxy groups -OCH3 is 2. The molecule has 0 bridgehead atoms. The van der Waals surface area contributed by atoms with Crippen LogP contribution in [-0.4, -0.2) is 40.6 Å². The maximum atomic E-state index is 11.6. The lowest BCUT2D eigenvalue weighted by Crippen LogP contribution is -2.08. The summed E-state index contributed by atoms with van der Waals surface area (Å²) in [6.45, 7) is 0. The molecule has 98 valence electrons. The Morgan fingerprint density at radius 1 is 1.26 bits per heavy atom. The minimum absolute atomic E-state index is 0.0624. The number of nitrogens with zero attached hydrogens (tertiary/aromatic N) is 3. The summed E-state index contributed by atoms with van der Waals surface area (Å²) in [5.41, 5.74) is 0.655.